The number of nitro groups is 1. The Morgan fingerprint density at radius 1 is 1.20 bits per heavy atom. The van der Waals surface area contributed by atoms with Crippen LogP contribution in [-0.2, 0) is 14.3 Å². The van der Waals surface area contributed by atoms with E-state index in [1.807, 2.05) is 0 Å². The zero-order valence-electron chi connectivity index (χ0n) is 15.0. The number of non-ortho nitro benzene ring substituents is 1. The zero-order chi connectivity index (χ0) is 19.0. The van der Waals surface area contributed by atoms with Crippen molar-refractivity contribution in [3.05, 3.63) is 34.4 Å². The Balaban J connectivity index is 2.32. The summed E-state index contributed by atoms with van der Waals surface area (Å²) < 4.78 is 10.5. The van der Waals surface area contributed by atoms with Gasteiger partial charge in [-0.25, -0.2) is 0 Å². The Morgan fingerprint density at radius 3 is 2.32 bits per heavy atom. The summed E-state index contributed by atoms with van der Waals surface area (Å²) in [5, 5.41) is 10.6. The number of benzene rings is 1. The number of esters is 1. The molecule has 138 valence electrons. The number of hydrogen-bond acceptors (Lipinski definition) is 6. The van der Waals surface area contributed by atoms with E-state index in [1.54, 1.807) is 27.8 Å². The molecule has 1 aromatic carbocycles. The summed E-state index contributed by atoms with van der Waals surface area (Å²) in [6, 6.07) is 5.50. The lowest BCUT2D eigenvalue weighted by Gasteiger charge is -2.20. The van der Waals surface area contributed by atoms with E-state index in [4.69, 9.17) is 9.47 Å². The first-order valence-electron chi connectivity index (χ1n) is 7.91. The Kier molecular flexibility index (Phi) is 7.35. The van der Waals surface area contributed by atoms with E-state index in [9.17, 15) is 19.7 Å². The Hall–Kier alpha value is -2.64. The molecule has 0 aliphatic rings. The maximum Gasteiger partial charge on any atom is 0.306 e. The summed E-state index contributed by atoms with van der Waals surface area (Å²) in [6.07, 6.45) is 0.729. The first-order chi connectivity index (χ1) is 11.6. The van der Waals surface area contributed by atoms with E-state index < -0.39 is 10.5 Å². The number of nitro benzene ring substituents is 1. The molecule has 0 aliphatic heterocycles. The van der Waals surface area contributed by atoms with Crippen molar-refractivity contribution < 1.29 is 24.0 Å². The Labute approximate surface area is 146 Å². The molecule has 0 radical (unpaired) electrons. The average molecular weight is 352 g/mol. The van der Waals surface area contributed by atoms with E-state index in [-0.39, 0.29) is 30.6 Å². The topological polar surface area (TPSA) is 99.0 Å². The number of rotatable bonds is 8. The van der Waals surface area contributed by atoms with Crippen molar-refractivity contribution in [3.63, 3.8) is 0 Å². The van der Waals surface area contributed by atoms with Crippen molar-refractivity contribution in [2.75, 3.05) is 20.2 Å². The summed E-state index contributed by atoms with van der Waals surface area (Å²) in [6.45, 7) is 5.63. The van der Waals surface area contributed by atoms with E-state index in [2.05, 4.69) is 0 Å². The average Bonchev–Trinajstić information content (AvgIpc) is 2.51. The van der Waals surface area contributed by atoms with Gasteiger partial charge < -0.3 is 14.4 Å². The number of nitrogens with zero attached hydrogens (tertiary/aromatic N) is 2. The second-order valence-electron chi connectivity index (χ2n) is 6.54. The lowest BCUT2D eigenvalue weighted by Crippen LogP contribution is -2.32. The molecule has 25 heavy (non-hydrogen) atoms. The molecule has 0 aliphatic carbocycles. The minimum absolute atomic E-state index is 0.0436. The third-order valence-electron chi connectivity index (χ3n) is 3.13. The van der Waals surface area contributed by atoms with E-state index >= 15 is 0 Å². The monoisotopic (exact) mass is 352 g/mol. The van der Waals surface area contributed by atoms with Gasteiger partial charge in [0.15, 0.2) is 6.61 Å². The summed E-state index contributed by atoms with van der Waals surface area (Å²) in [5.41, 5.74) is -0.560. The van der Waals surface area contributed by atoms with Gasteiger partial charge in [0, 0.05) is 32.1 Å². The fourth-order valence-electron chi connectivity index (χ4n) is 1.90. The predicted octanol–water partition coefficient (Wildman–Crippen LogP) is 2.55. The van der Waals surface area contributed by atoms with Gasteiger partial charge in [-0.3, -0.25) is 19.7 Å². The van der Waals surface area contributed by atoms with Crippen molar-refractivity contribution >= 4 is 17.6 Å². The molecule has 0 spiro atoms. The van der Waals surface area contributed by atoms with Crippen LogP contribution >= 0.6 is 0 Å². The molecule has 0 fully saturated rings. The molecule has 0 unspecified atom stereocenters. The van der Waals surface area contributed by atoms with Crippen LogP contribution in [0.15, 0.2) is 24.3 Å². The smallest absolute Gasteiger partial charge is 0.306 e. The van der Waals surface area contributed by atoms with E-state index in [0.29, 0.717) is 18.7 Å². The molecule has 0 atom stereocenters. The van der Waals surface area contributed by atoms with Crippen molar-refractivity contribution in [3.8, 4) is 5.75 Å². The molecule has 0 saturated heterocycles. The van der Waals surface area contributed by atoms with Gasteiger partial charge in [-0.2, -0.15) is 0 Å². The van der Waals surface area contributed by atoms with Crippen LogP contribution in [0.1, 0.15) is 33.6 Å². The van der Waals surface area contributed by atoms with Crippen LogP contribution in [0.3, 0.4) is 0 Å². The number of carbonyl (C=O) groups is 2. The third kappa shape index (κ3) is 8.14. The normalized spacial score (nSPS) is 10.9. The fourth-order valence-corrected chi connectivity index (χ4v) is 1.90. The minimum atomic E-state index is -0.516. The van der Waals surface area contributed by atoms with Crippen LogP contribution in [0.4, 0.5) is 5.69 Å². The molecule has 0 N–H and O–H groups in total. The Bertz CT molecular complexity index is 607. The maximum absolute atomic E-state index is 12.0. The molecular formula is C17H24N2O6. The first-order valence-corrected chi connectivity index (χ1v) is 7.91. The van der Waals surface area contributed by atoms with Crippen LogP contribution in [0.25, 0.3) is 0 Å². The van der Waals surface area contributed by atoms with Crippen LogP contribution in [0, 0.1) is 10.1 Å². The van der Waals surface area contributed by atoms with Gasteiger partial charge in [0.1, 0.15) is 11.4 Å². The van der Waals surface area contributed by atoms with Crippen LogP contribution in [0.2, 0.25) is 0 Å². The van der Waals surface area contributed by atoms with Crippen molar-refractivity contribution in [1.82, 2.24) is 4.90 Å². The highest BCUT2D eigenvalue weighted by Crippen LogP contribution is 2.17. The highest BCUT2D eigenvalue weighted by Gasteiger charge is 2.16. The van der Waals surface area contributed by atoms with Crippen molar-refractivity contribution in [2.45, 2.75) is 39.2 Å². The van der Waals surface area contributed by atoms with Gasteiger partial charge in [-0.05, 0) is 39.3 Å². The van der Waals surface area contributed by atoms with Crippen LogP contribution in [-0.4, -0.2) is 47.5 Å². The first kappa shape index (κ1) is 20.4. The highest BCUT2D eigenvalue weighted by atomic mass is 16.6. The van der Waals surface area contributed by atoms with Crippen molar-refractivity contribution in [2.24, 2.45) is 0 Å². The lowest BCUT2D eigenvalue weighted by molar-refractivity contribution is -0.384. The quantitative estimate of drug-likeness (QED) is 0.405. The number of ether oxygens (including phenoxy) is 2. The van der Waals surface area contributed by atoms with Crippen LogP contribution in [0.5, 0.6) is 5.75 Å². The lowest BCUT2D eigenvalue weighted by atomic mass is 10.2. The second kappa shape index (κ2) is 9.00. The van der Waals surface area contributed by atoms with Gasteiger partial charge in [-0.15, -0.1) is 0 Å². The third-order valence-corrected chi connectivity index (χ3v) is 3.13. The minimum Gasteiger partial charge on any atom is -0.484 e. The standard InChI is InChI=1S/C17H24N2O6/c1-17(2,3)25-16(21)6-5-11-18(4)15(20)12-24-14-9-7-13(8-10-14)19(22)23/h7-10H,5-6,11-12H2,1-4H3. The van der Waals surface area contributed by atoms with Gasteiger partial charge in [0.2, 0.25) is 0 Å². The molecule has 8 nitrogen and oxygen atoms in total. The number of likely N-dealkylation sites (N-methyl/N-ethyl adjacent to an activating group) is 1. The molecule has 1 aromatic rings. The molecule has 0 bridgehead atoms. The molecule has 0 saturated carbocycles. The summed E-state index contributed by atoms with van der Waals surface area (Å²) in [5.74, 6) is -0.167. The predicted molar refractivity (Wildman–Crippen MR) is 91.3 cm³/mol. The maximum atomic E-state index is 12.0. The van der Waals surface area contributed by atoms with E-state index in [1.165, 1.54) is 29.2 Å². The highest BCUT2D eigenvalue weighted by molar-refractivity contribution is 5.77. The summed E-state index contributed by atoms with van der Waals surface area (Å²) in [4.78, 5) is 35.1. The molecule has 1 rings (SSSR count). The van der Waals surface area contributed by atoms with Gasteiger partial charge in [0.25, 0.3) is 11.6 Å². The zero-order valence-corrected chi connectivity index (χ0v) is 15.0. The molecule has 1 amide bonds. The summed E-state index contributed by atoms with van der Waals surface area (Å²) in [7, 11) is 1.62. The van der Waals surface area contributed by atoms with Crippen molar-refractivity contribution in [1.29, 1.82) is 0 Å². The fraction of sp³-hybridized carbons (Fsp3) is 0.529. The molecule has 0 heterocycles. The largest absolute Gasteiger partial charge is 0.484 e. The number of amides is 1. The van der Waals surface area contributed by atoms with Gasteiger partial charge in [0.05, 0.1) is 4.92 Å². The second-order valence-corrected chi connectivity index (χ2v) is 6.54. The Morgan fingerprint density at radius 2 is 1.80 bits per heavy atom. The number of hydrogen-bond donors (Lipinski definition) is 0. The summed E-state index contributed by atoms with van der Waals surface area (Å²) >= 11 is 0. The molecule has 8 heteroatoms. The van der Waals surface area contributed by atoms with Crippen LogP contribution < -0.4 is 4.74 Å². The van der Waals surface area contributed by atoms with E-state index in [0.717, 1.165) is 0 Å². The molecule has 0 aromatic heterocycles. The van der Waals surface area contributed by atoms with Gasteiger partial charge in [-0.1, -0.05) is 0 Å². The number of carbonyl (C=O) groups excluding carboxylic acids is 2. The van der Waals surface area contributed by atoms with Gasteiger partial charge >= 0.3 is 5.97 Å². The molecular weight excluding hydrogens is 328 g/mol. The SMILES string of the molecule is CN(CCCC(=O)OC(C)(C)C)C(=O)COc1ccc([N+](=O)[O-])cc1.